The summed E-state index contributed by atoms with van der Waals surface area (Å²) in [6.45, 7) is 8.05. The molecule has 0 aromatic carbocycles. The van der Waals surface area contributed by atoms with Crippen molar-refractivity contribution in [2.24, 2.45) is 5.41 Å². The van der Waals surface area contributed by atoms with E-state index in [1.54, 1.807) is 6.92 Å². The molecule has 0 amide bonds. The molecular formula is C16H28FNO. The summed E-state index contributed by atoms with van der Waals surface area (Å²) in [7, 11) is 0. The summed E-state index contributed by atoms with van der Waals surface area (Å²) < 4.78 is 20.1. The van der Waals surface area contributed by atoms with E-state index in [4.69, 9.17) is 4.74 Å². The minimum Gasteiger partial charge on any atom is -0.378 e. The molecule has 3 heteroatoms. The molecule has 3 rings (SSSR count). The van der Waals surface area contributed by atoms with Gasteiger partial charge in [-0.15, -0.1) is 0 Å². The number of ether oxygens (including phenoxy) is 1. The molecular weight excluding hydrogens is 241 g/mol. The minimum atomic E-state index is -0.923. The van der Waals surface area contributed by atoms with Gasteiger partial charge in [-0.05, 0) is 59.3 Å². The van der Waals surface area contributed by atoms with Gasteiger partial charge in [-0.2, -0.15) is 0 Å². The number of fused-ring (bicyclic) bond motifs is 2. The van der Waals surface area contributed by atoms with E-state index in [1.807, 2.05) is 0 Å². The lowest BCUT2D eigenvalue weighted by Gasteiger charge is -2.42. The summed E-state index contributed by atoms with van der Waals surface area (Å²) in [5.74, 6) is 0. The molecule has 0 N–H and O–H groups in total. The topological polar surface area (TPSA) is 12.5 Å². The fraction of sp³-hybridized carbons (Fsp3) is 1.00. The lowest BCUT2D eigenvalue weighted by molar-refractivity contribution is -0.0119. The number of hydrogen-bond acceptors (Lipinski definition) is 2. The molecule has 0 aromatic rings. The Morgan fingerprint density at radius 2 is 1.79 bits per heavy atom. The molecule has 0 spiro atoms. The van der Waals surface area contributed by atoms with E-state index >= 15 is 0 Å². The van der Waals surface area contributed by atoms with E-state index in [-0.39, 0.29) is 0 Å². The quantitative estimate of drug-likeness (QED) is 0.757. The molecule has 2 nitrogen and oxygen atoms in total. The maximum Gasteiger partial charge on any atom is 0.111 e. The lowest BCUT2D eigenvalue weighted by atomic mass is 9.88. The Bertz CT molecular complexity index is 322. The Morgan fingerprint density at radius 3 is 2.26 bits per heavy atom. The molecule has 0 aromatic heterocycles. The Balaban J connectivity index is 1.59. The number of hydrogen-bond donors (Lipinski definition) is 0. The third kappa shape index (κ3) is 2.97. The van der Waals surface area contributed by atoms with Crippen LogP contribution in [0.4, 0.5) is 4.39 Å². The van der Waals surface area contributed by atoms with Gasteiger partial charge in [0.05, 0.1) is 12.7 Å². The predicted octanol–water partition coefficient (Wildman–Crippen LogP) is 3.55. The first kappa shape index (κ1) is 13.8. The summed E-state index contributed by atoms with van der Waals surface area (Å²) in [6, 6.07) is 0.982. The van der Waals surface area contributed by atoms with E-state index in [1.165, 1.54) is 25.7 Å². The SMILES string of the molecule is CC(C)OCC1(CN2C3CCC2CC(C)(F)C3)CC1. The molecule has 2 atom stereocenters. The van der Waals surface area contributed by atoms with Gasteiger partial charge in [0.25, 0.3) is 0 Å². The Labute approximate surface area is 116 Å². The third-order valence-corrected chi connectivity index (χ3v) is 5.29. The Morgan fingerprint density at radius 1 is 1.21 bits per heavy atom. The van der Waals surface area contributed by atoms with Crippen molar-refractivity contribution in [3.63, 3.8) is 0 Å². The number of alkyl halides is 1. The molecule has 1 aliphatic carbocycles. The van der Waals surface area contributed by atoms with Crippen LogP contribution < -0.4 is 0 Å². The number of piperidine rings is 1. The molecule has 110 valence electrons. The fourth-order valence-corrected chi connectivity index (χ4v) is 4.03. The molecule has 19 heavy (non-hydrogen) atoms. The van der Waals surface area contributed by atoms with Gasteiger partial charge in [0.1, 0.15) is 5.67 Å². The number of nitrogens with zero attached hydrogens (tertiary/aromatic N) is 1. The molecule has 2 bridgehead atoms. The maximum absolute atomic E-state index is 14.2. The predicted molar refractivity (Wildman–Crippen MR) is 75.0 cm³/mol. The van der Waals surface area contributed by atoms with Crippen molar-refractivity contribution in [3.05, 3.63) is 0 Å². The van der Waals surface area contributed by atoms with E-state index < -0.39 is 5.67 Å². The molecule has 2 heterocycles. The third-order valence-electron chi connectivity index (χ3n) is 5.29. The van der Waals surface area contributed by atoms with Crippen molar-refractivity contribution in [1.82, 2.24) is 4.90 Å². The summed E-state index contributed by atoms with van der Waals surface area (Å²) in [5.41, 5.74) is -0.525. The van der Waals surface area contributed by atoms with Crippen LogP contribution in [0, 0.1) is 5.41 Å². The molecule has 2 unspecified atom stereocenters. The maximum atomic E-state index is 14.2. The first-order valence-electron chi connectivity index (χ1n) is 7.95. The lowest BCUT2D eigenvalue weighted by Crippen LogP contribution is -2.50. The molecule has 3 fully saturated rings. The average molecular weight is 269 g/mol. The van der Waals surface area contributed by atoms with Crippen molar-refractivity contribution in [2.45, 2.75) is 83.2 Å². The molecule has 1 saturated carbocycles. The number of rotatable bonds is 5. The summed E-state index contributed by atoms with van der Waals surface area (Å²) in [4.78, 5) is 2.62. The smallest absolute Gasteiger partial charge is 0.111 e. The monoisotopic (exact) mass is 269 g/mol. The molecule has 3 aliphatic rings. The van der Waals surface area contributed by atoms with Gasteiger partial charge in [0, 0.05) is 24.0 Å². The summed E-state index contributed by atoms with van der Waals surface area (Å²) in [6.07, 6.45) is 6.79. The molecule has 0 radical (unpaired) electrons. The Hall–Kier alpha value is -0.150. The minimum absolute atomic E-state index is 0.324. The van der Waals surface area contributed by atoms with Gasteiger partial charge in [-0.25, -0.2) is 4.39 Å². The standard InChI is InChI=1S/C16H28FNO/c1-12(2)19-11-16(6-7-16)10-18-13-4-5-14(18)9-15(3,17)8-13/h12-14H,4-11H2,1-3H3. The van der Waals surface area contributed by atoms with Crippen LogP contribution in [0.15, 0.2) is 0 Å². The van der Waals surface area contributed by atoms with Crippen LogP contribution >= 0.6 is 0 Å². The Kier molecular flexibility index (Phi) is 3.41. The van der Waals surface area contributed by atoms with Crippen molar-refractivity contribution in [1.29, 1.82) is 0 Å². The zero-order chi connectivity index (χ0) is 13.7. The average Bonchev–Trinajstić information content (AvgIpc) is 3.01. The second kappa shape index (κ2) is 4.70. The van der Waals surface area contributed by atoms with Gasteiger partial charge >= 0.3 is 0 Å². The summed E-state index contributed by atoms with van der Waals surface area (Å²) in [5, 5.41) is 0. The normalized spacial score (nSPS) is 40.9. The van der Waals surface area contributed by atoms with Gasteiger partial charge < -0.3 is 4.74 Å². The van der Waals surface area contributed by atoms with E-state index in [0.29, 0.717) is 23.6 Å². The highest BCUT2D eigenvalue weighted by atomic mass is 19.1. The van der Waals surface area contributed by atoms with E-state index in [0.717, 1.165) is 26.0 Å². The van der Waals surface area contributed by atoms with Crippen molar-refractivity contribution >= 4 is 0 Å². The molecule has 2 saturated heterocycles. The summed E-state index contributed by atoms with van der Waals surface area (Å²) >= 11 is 0. The van der Waals surface area contributed by atoms with E-state index in [2.05, 4.69) is 18.7 Å². The van der Waals surface area contributed by atoms with E-state index in [9.17, 15) is 4.39 Å². The highest BCUT2D eigenvalue weighted by Gasteiger charge is 2.52. The van der Waals surface area contributed by atoms with Crippen molar-refractivity contribution < 1.29 is 9.13 Å². The van der Waals surface area contributed by atoms with Crippen LogP contribution in [0.2, 0.25) is 0 Å². The van der Waals surface area contributed by atoms with Crippen LogP contribution in [0.3, 0.4) is 0 Å². The zero-order valence-corrected chi connectivity index (χ0v) is 12.6. The van der Waals surface area contributed by atoms with Crippen LogP contribution in [0.5, 0.6) is 0 Å². The first-order valence-corrected chi connectivity index (χ1v) is 7.95. The van der Waals surface area contributed by atoms with Crippen LogP contribution in [0.25, 0.3) is 0 Å². The van der Waals surface area contributed by atoms with Crippen molar-refractivity contribution in [2.75, 3.05) is 13.2 Å². The van der Waals surface area contributed by atoms with Gasteiger partial charge in [0.15, 0.2) is 0 Å². The molecule has 2 aliphatic heterocycles. The van der Waals surface area contributed by atoms with Gasteiger partial charge in [-0.3, -0.25) is 4.90 Å². The largest absolute Gasteiger partial charge is 0.378 e. The second-order valence-corrected chi connectivity index (χ2v) is 7.74. The fourth-order valence-electron chi connectivity index (χ4n) is 4.03. The van der Waals surface area contributed by atoms with Gasteiger partial charge in [-0.1, -0.05) is 0 Å². The number of halogens is 1. The first-order chi connectivity index (χ1) is 8.89. The van der Waals surface area contributed by atoms with Crippen molar-refractivity contribution in [3.8, 4) is 0 Å². The van der Waals surface area contributed by atoms with Crippen LogP contribution in [0.1, 0.15) is 59.3 Å². The highest BCUT2D eigenvalue weighted by Crippen LogP contribution is 2.51. The highest BCUT2D eigenvalue weighted by molar-refractivity contribution is 5.05. The van der Waals surface area contributed by atoms with Gasteiger partial charge in [0.2, 0.25) is 0 Å². The van der Waals surface area contributed by atoms with Crippen LogP contribution in [-0.4, -0.2) is 41.9 Å². The van der Waals surface area contributed by atoms with Crippen LogP contribution in [-0.2, 0) is 4.74 Å². The zero-order valence-electron chi connectivity index (χ0n) is 12.6. The second-order valence-electron chi connectivity index (χ2n) is 7.74.